The molecule has 1 aliphatic rings. The van der Waals surface area contributed by atoms with E-state index in [1.807, 2.05) is 0 Å². The van der Waals surface area contributed by atoms with Gasteiger partial charge in [0.05, 0.1) is 5.56 Å². The molecule has 18 heavy (non-hydrogen) atoms. The van der Waals surface area contributed by atoms with E-state index in [1.54, 1.807) is 24.0 Å². The van der Waals surface area contributed by atoms with Gasteiger partial charge in [-0.15, -0.1) is 12.3 Å². The highest BCUT2D eigenvalue weighted by Crippen LogP contribution is 2.26. The van der Waals surface area contributed by atoms with Crippen molar-refractivity contribution in [3.05, 3.63) is 29.3 Å². The van der Waals surface area contributed by atoms with Crippen molar-refractivity contribution in [2.75, 3.05) is 11.4 Å². The monoisotopic (exact) mass is 243 g/mol. The molecule has 1 aromatic carbocycles. The number of aromatic carboxylic acids is 1. The topological polar surface area (TPSA) is 57.6 Å². The predicted octanol–water partition coefficient (Wildman–Crippen LogP) is 1.68. The Morgan fingerprint density at radius 1 is 1.56 bits per heavy atom. The summed E-state index contributed by atoms with van der Waals surface area (Å²) < 4.78 is 0. The van der Waals surface area contributed by atoms with Crippen molar-refractivity contribution >= 4 is 17.6 Å². The molecule has 0 saturated carbocycles. The van der Waals surface area contributed by atoms with Gasteiger partial charge in [0, 0.05) is 24.6 Å². The number of aryl methyl sites for hydroxylation is 1. The zero-order chi connectivity index (χ0) is 13.3. The second kappa shape index (κ2) is 4.53. The Morgan fingerprint density at radius 3 is 2.83 bits per heavy atom. The van der Waals surface area contributed by atoms with Gasteiger partial charge in [0.25, 0.3) is 0 Å². The van der Waals surface area contributed by atoms with Crippen LogP contribution in [0.4, 0.5) is 5.69 Å². The standard InChI is InChI=1S/C14H13NO3/c1-3-10-6-13(16)15(8-10)11-5-4-9(2)12(7-11)14(17)18/h1,4-5,7,10H,6,8H2,2H3,(H,17,18). The molecule has 0 spiro atoms. The Hall–Kier alpha value is -2.28. The van der Waals surface area contributed by atoms with Gasteiger partial charge in [0.15, 0.2) is 0 Å². The molecule has 0 aliphatic carbocycles. The van der Waals surface area contributed by atoms with Gasteiger partial charge in [0.2, 0.25) is 5.91 Å². The first-order chi connectivity index (χ1) is 8.52. The van der Waals surface area contributed by atoms with Crippen LogP contribution in [0.15, 0.2) is 18.2 Å². The lowest BCUT2D eigenvalue weighted by atomic mass is 10.1. The summed E-state index contributed by atoms with van der Waals surface area (Å²) in [6.45, 7) is 2.18. The molecular weight excluding hydrogens is 230 g/mol. The molecule has 4 nitrogen and oxygen atoms in total. The molecule has 1 saturated heterocycles. The minimum atomic E-state index is -0.991. The van der Waals surface area contributed by atoms with Crippen LogP contribution in [0, 0.1) is 25.2 Å². The second-order valence-corrected chi connectivity index (χ2v) is 4.38. The number of terminal acetylenes is 1. The van der Waals surface area contributed by atoms with E-state index >= 15 is 0 Å². The van der Waals surface area contributed by atoms with Gasteiger partial charge in [0.1, 0.15) is 0 Å². The third-order valence-corrected chi connectivity index (χ3v) is 3.12. The van der Waals surface area contributed by atoms with Crippen molar-refractivity contribution < 1.29 is 14.7 Å². The lowest BCUT2D eigenvalue weighted by Crippen LogP contribution is -2.24. The van der Waals surface area contributed by atoms with E-state index in [1.165, 1.54) is 6.07 Å². The van der Waals surface area contributed by atoms with Gasteiger partial charge in [-0.1, -0.05) is 6.07 Å². The Labute approximate surface area is 105 Å². The first-order valence-electron chi connectivity index (χ1n) is 5.63. The van der Waals surface area contributed by atoms with Crippen molar-refractivity contribution in [1.29, 1.82) is 0 Å². The Bertz CT molecular complexity index is 557. The highest BCUT2D eigenvalue weighted by molar-refractivity contribution is 5.98. The maximum Gasteiger partial charge on any atom is 0.336 e. The molecule has 0 aromatic heterocycles. The number of amides is 1. The van der Waals surface area contributed by atoms with Gasteiger partial charge in [-0.2, -0.15) is 0 Å². The maximum absolute atomic E-state index is 11.8. The summed E-state index contributed by atoms with van der Waals surface area (Å²) in [4.78, 5) is 24.4. The van der Waals surface area contributed by atoms with Crippen molar-refractivity contribution in [1.82, 2.24) is 0 Å². The zero-order valence-corrected chi connectivity index (χ0v) is 10.0. The predicted molar refractivity (Wildman–Crippen MR) is 67.4 cm³/mol. The van der Waals surface area contributed by atoms with Crippen molar-refractivity contribution in [2.24, 2.45) is 5.92 Å². The van der Waals surface area contributed by atoms with E-state index in [-0.39, 0.29) is 17.4 Å². The molecule has 1 amide bonds. The highest BCUT2D eigenvalue weighted by atomic mass is 16.4. The number of hydrogen-bond donors (Lipinski definition) is 1. The van der Waals surface area contributed by atoms with Crippen LogP contribution in [0.2, 0.25) is 0 Å². The van der Waals surface area contributed by atoms with Crippen LogP contribution in [0.3, 0.4) is 0 Å². The highest BCUT2D eigenvalue weighted by Gasteiger charge is 2.29. The molecule has 92 valence electrons. The van der Waals surface area contributed by atoms with E-state index in [0.29, 0.717) is 24.2 Å². The van der Waals surface area contributed by atoms with Crippen molar-refractivity contribution in [3.8, 4) is 12.3 Å². The average Bonchev–Trinajstić information content (AvgIpc) is 2.71. The van der Waals surface area contributed by atoms with Crippen LogP contribution in [-0.2, 0) is 4.79 Å². The van der Waals surface area contributed by atoms with Crippen LogP contribution in [0.25, 0.3) is 0 Å². The third-order valence-electron chi connectivity index (χ3n) is 3.12. The molecule has 1 fully saturated rings. The van der Waals surface area contributed by atoms with Crippen molar-refractivity contribution in [3.63, 3.8) is 0 Å². The number of carbonyl (C=O) groups excluding carboxylic acids is 1. The molecule has 0 bridgehead atoms. The molecule has 1 N–H and O–H groups in total. The Kier molecular flexibility index (Phi) is 3.07. The number of benzene rings is 1. The van der Waals surface area contributed by atoms with Gasteiger partial charge in [-0.3, -0.25) is 4.79 Å². The van der Waals surface area contributed by atoms with Gasteiger partial charge < -0.3 is 10.0 Å². The number of carbonyl (C=O) groups is 2. The SMILES string of the molecule is C#CC1CC(=O)N(c2ccc(C)c(C(=O)O)c2)C1. The zero-order valence-electron chi connectivity index (χ0n) is 10.0. The first-order valence-corrected chi connectivity index (χ1v) is 5.63. The van der Waals surface area contributed by atoms with E-state index in [0.717, 1.165) is 0 Å². The average molecular weight is 243 g/mol. The summed E-state index contributed by atoms with van der Waals surface area (Å²) in [5.41, 5.74) is 1.48. The van der Waals surface area contributed by atoms with E-state index < -0.39 is 5.97 Å². The summed E-state index contributed by atoms with van der Waals surface area (Å²) in [6.07, 6.45) is 5.64. The fourth-order valence-electron chi connectivity index (χ4n) is 2.08. The number of carboxylic acids is 1. The largest absolute Gasteiger partial charge is 0.478 e. The minimum Gasteiger partial charge on any atom is -0.478 e. The van der Waals surface area contributed by atoms with Crippen LogP contribution in [0.1, 0.15) is 22.3 Å². The molecule has 1 heterocycles. The fraction of sp³-hybridized carbons (Fsp3) is 0.286. The number of nitrogens with zero attached hydrogens (tertiary/aromatic N) is 1. The molecule has 1 unspecified atom stereocenters. The molecule has 0 radical (unpaired) electrons. The molecule has 1 atom stereocenters. The summed E-state index contributed by atoms with van der Waals surface area (Å²) in [5, 5.41) is 9.06. The lowest BCUT2D eigenvalue weighted by molar-refractivity contribution is -0.117. The van der Waals surface area contributed by atoms with E-state index in [9.17, 15) is 9.59 Å². The second-order valence-electron chi connectivity index (χ2n) is 4.38. The minimum absolute atomic E-state index is 0.0573. The normalized spacial score (nSPS) is 18.8. The number of rotatable bonds is 2. The van der Waals surface area contributed by atoms with Crippen LogP contribution in [0.5, 0.6) is 0 Å². The third kappa shape index (κ3) is 2.07. The van der Waals surface area contributed by atoms with E-state index in [2.05, 4.69) is 5.92 Å². The number of carboxylic acid groups (broad SMARTS) is 1. The molecule has 1 aliphatic heterocycles. The number of anilines is 1. The van der Waals surface area contributed by atoms with Crippen LogP contribution >= 0.6 is 0 Å². The van der Waals surface area contributed by atoms with Gasteiger partial charge in [-0.25, -0.2) is 4.79 Å². The summed E-state index contributed by atoms with van der Waals surface area (Å²) in [6, 6.07) is 4.97. The molecule has 2 rings (SSSR count). The molecule has 1 aromatic rings. The van der Waals surface area contributed by atoms with Gasteiger partial charge in [-0.05, 0) is 24.6 Å². The quantitative estimate of drug-likeness (QED) is 0.804. The first kappa shape index (κ1) is 12.2. The Balaban J connectivity index is 2.35. The lowest BCUT2D eigenvalue weighted by Gasteiger charge is -2.17. The summed E-state index contributed by atoms with van der Waals surface area (Å²) >= 11 is 0. The van der Waals surface area contributed by atoms with E-state index in [4.69, 9.17) is 11.5 Å². The fourth-order valence-corrected chi connectivity index (χ4v) is 2.08. The summed E-state index contributed by atoms with van der Waals surface area (Å²) in [5.74, 6) is 1.42. The summed E-state index contributed by atoms with van der Waals surface area (Å²) in [7, 11) is 0. The molecule has 4 heteroatoms. The van der Waals surface area contributed by atoms with Crippen LogP contribution in [-0.4, -0.2) is 23.5 Å². The van der Waals surface area contributed by atoms with Gasteiger partial charge >= 0.3 is 5.97 Å². The maximum atomic E-state index is 11.8. The number of hydrogen-bond acceptors (Lipinski definition) is 2. The molecular formula is C14H13NO3. The Morgan fingerprint density at radius 2 is 2.28 bits per heavy atom. The van der Waals surface area contributed by atoms with Crippen molar-refractivity contribution in [2.45, 2.75) is 13.3 Å². The van der Waals surface area contributed by atoms with Crippen LogP contribution < -0.4 is 4.90 Å². The smallest absolute Gasteiger partial charge is 0.336 e.